The predicted octanol–water partition coefficient (Wildman–Crippen LogP) is 4.14. The number of hydrogen-bond acceptors (Lipinski definition) is 4. The van der Waals surface area contributed by atoms with Gasteiger partial charge in [-0.2, -0.15) is 0 Å². The van der Waals surface area contributed by atoms with E-state index in [0.717, 1.165) is 5.56 Å². The van der Waals surface area contributed by atoms with Crippen molar-refractivity contribution in [2.45, 2.75) is 18.4 Å². The smallest absolute Gasteiger partial charge is 0.267 e. The van der Waals surface area contributed by atoms with Crippen molar-refractivity contribution in [1.29, 1.82) is 0 Å². The Kier molecular flexibility index (Phi) is 4.73. The summed E-state index contributed by atoms with van der Waals surface area (Å²) in [5.41, 5.74) is 0.969. The monoisotopic (exact) mass is 406 g/mol. The van der Waals surface area contributed by atoms with E-state index in [9.17, 15) is 8.42 Å². The van der Waals surface area contributed by atoms with Crippen molar-refractivity contribution in [3.05, 3.63) is 76.8 Å². The van der Waals surface area contributed by atoms with Crippen molar-refractivity contribution in [3.63, 3.8) is 0 Å². The third-order valence-electron chi connectivity index (χ3n) is 3.44. The molecule has 0 saturated heterocycles. The molecule has 2 aromatic heterocycles. The molecule has 7 heteroatoms. The first-order valence-corrected chi connectivity index (χ1v) is 9.44. The van der Waals surface area contributed by atoms with Gasteiger partial charge in [0.05, 0.1) is 12.8 Å². The molecule has 0 saturated carbocycles. The Labute approximate surface area is 149 Å². The Morgan fingerprint density at radius 1 is 1.17 bits per heavy atom. The molecule has 5 nitrogen and oxygen atoms in total. The zero-order valence-electron chi connectivity index (χ0n) is 12.9. The quantitative estimate of drug-likeness (QED) is 0.638. The van der Waals surface area contributed by atoms with Crippen molar-refractivity contribution < 1.29 is 12.8 Å². The van der Waals surface area contributed by atoms with Crippen molar-refractivity contribution in [2.24, 2.45) is 0 Å². The van der Waals surface area contributed by atoms with Gasteiger partial charge in [0.2, 0.25) is 0 Å². The van der Waals surface area contributed by atoms with Crippen LogP contribution in [0.5, 0.6) is 0 Å². The van der Waals surface area contributed by atoms with Gasteiger partial charge in [0.1, 0.15) is 16.5 Å². The van der Waals surface area contributed by atoms with Gasteiger partial charge in [-0.3, -0.25) is 0 Å². The summed E-state index contributed by atoms with van der Waals surface area (Å²) in [6, 6.07) is 13.7. The first-order valence-electron chi connectivity index (χ1n) is 7.21. The molecular weight excluding hydrogens is 392 g/mol. The Bertz CT molecular complexity index is 926. The van der Waals surface area contributed by atoms with Crippen LogP contribution in [-0.2, 0) is 16.6 Å². The summed E-state index contributed by atoms with van der Waals surface area (Å²) < 4.78 is 33.5. The minimum absolute atomic E-state index is 0.0622. The molecule has 0 unspecified atom stereocenters. The molecule has 0 aliphatic heterocycles. The van der Waals surface area contributed by atoms with E-state index in [1.54, 1.807) is 54.7 Å². The number of halogens is 1. The summed E-state index contributed by atoms with van der Waals surface area (Å²) in [6.07, 6.45) is 3.07. The minimum atomic E-state index is -3.81. The van der Waals surface area contributed by atoms with Gasteiger partial charge in [0.25, 0.3) is 10.0 Å². The normalized spacial score (nSPS) is 11.4. The molecule has 3 aromatic rings. The third-order valence-corrected chi connectivity index (χ3v) is 6.17. The fraction of sp³-hybridized carbons (Fsp3) is 0.118. The average molecular weight is 407 g/mol. The van der Waals surface area contributed by atoms with E-state index >= 15 is 0 Å². The van der Waals surface area contributed by atoms with Gasteiger partial charge in [-0.15, -0.1) is 0 Å². The standard InChI is InChI=1S/C17H15BrN2O3S/c1-13-7-8-16(15(18)11-13)24(21,22)20(12-14-5-4-10-23-14)17-6-2-3-9-19-17/h2-11H,12H2,1H3. The lowest BCUT2D eigenvalue weighted by atomic mass is 10.2. The molecule has 3 rings (SSSR count). The predicted molar refractivity (Wildman–Crippen MR) is 95.2 cm³/mol. The molecule has 0 atom stereocenters. The molecule has 0 N–H and O–H groups in total. The summed E-state index contributed by atoms with van der Waals surface area (Å²) in [6.45, 7) is 1.97. The SMILES string of the molecule is Cc1ccc(S(=O)(=O)N(Cc2ccco2)c2ccccn2)c(Br)c1. The lowest BCUT2D eigenvalue weighted by molar-refractivity contribution is 0.508. The van der Waals surface area contributed by atoms with Gasteiger partial charge < -0.3 is 4.42 Å². The van der Waals surface area contributed by atoms with Crippen molar-refractivity contribution in [3.8, 4) is 0 Å². The second-order valence-electron chi connectivity index (χ2n) is 5.21. The van der Waals surface area contributed by atoms with Gasteiger partial charge in [0, 0.05) is 10.7 Å². The largest absolute Gasteiger partial charge is 0.467 e. The van der Waals surface area contributed by atoms with E-state index in [0.29, 0.717) is 16.1 Å². The Morgan fingerprint density at radius 2 is 2.00 bits per heavy atom. The van der Waals surface area contributed by atoms with Crippen LogP contribution in [0.1, 0.15) is 11.3 Å². The summed E-state index contributed by atoms with van der Waals surface area (Å²) in [7, 11) is -3.81. The number of aromatic nitrogens is 1. The highest BCUT2D eigenvalue weighted by Crippen LogP contribution is 2.29. The van der Waals surface area contributed by atoms with E-state index in [1.807, 2.05) is 6.92 Å². The van der Waals surface area contributed by atoms with Crippen LogP contribution in [0.4, 0.5) is 5.82 Å². The summed E-state index contributed by atoms with van der Waals surface area (Å²) in [5, 5.41) is 0. The van der Waals surface area contributed by atoms with E-state index in [-0.39, 0.29) is 11.4 Å². The lowest BCUT2D eigenvalue weighted by Gasteiger charge is -2.23. The van der Waals surface area contributed by atoms with Crippen LogP contribution in [0, 0.1) is 6.92 Å². The number of hydrogen-bond donors (Lipinski definition) is 0. The molecule has 24 heavy (non-hydrogen) atoms. The third kappa shape index (κ3) is 3.37. The number of sulfonamides is 1. The molecule has 0 amide bonds. The summed E-state index contributed by atoms with van der Waals surface area (Å²) in [4.78, 5) is 4.37. The lowest BCUT2D eigenvalue weighted by Crippen LogP contribution is -2.31. The zero-order chi connectivity index (χ0) is 17.2. The highest BCUT2D eigenvalue weighted by atomic mass is 79.9. The Balaban J connectivity index is 2.10. The second kappa shape index (κ2) is 6.78. The van der Waals surface area contributed by atoms with Crippen LogP contribution in [0.2, 0.25) is 0 Å². The molecule has 124 valence electrons. The van der Waals surface area contributed by atoms with Gasteiger partial charge >= 0.3 is 0 Å². The molecule has 0 bridgehead atoms. The maximum absolute atomic E-state index is 13.2. The van der Waals surface area contributed by atoms with Gasteiger partial charge in [-0.25, -0.2) is 17.7 Å². The van der Waals surface area contributed by atoms with Gasteiger partial charge in [-0.1, -0.05) is 12.1 Å². The molecule has 0 aliphatic carbocycles. The molecular formula is C17H15BrN2O3S. The van der Waals surface area contributed by atoms with E-state index in [4.69, 9.17) is 4.42 Å². The number of nitrogens with zero attached hydrogens (tertiary/aromatic N) is 2. The summed E-state index contributed by atoms with van der Waals surface area (Å²) >= 11 is 3.35. The molecule has 0 aliphatic rings. The van der Waals surface area contributed by atoms with Crippen LogP contribution in [0.15, 0.2) is 74.8 Å². The maximum Gasteiger partial charge on any atom is 0.267 e. The van der Waals surface area contributed by atoms with Gasteiger partial charge in [-0.05, 0) is 64.8 Å². The summed E-state index contributed by atoms with van der Waals surface area (Å²) in [5.74, 6) is 0.869. The zero-order valence-corrected chi connectivity index (χ0v) is 15.3. The Hall–Kier alpha value is -2.12. The maximum atomic E-state index is 13.2. The number of furan rings is 1. The van der Waals surface area contributed by atoms with Crippen LogP contribution < -0.4 is 4.31 Å². The molecule has 0 fully saturated rings. The van der Waals surface area contributed by atoms with Gasteiger partial charge in [0.15, 0.2) is 0 Å². The number of aryl methyl sites for hydroxylation is 1. The fourth-order valence-corrected chi connectivity index (χ4v) is 4.81. The van der Waals surface area contributed by atoms with Crippen molar-refractivity contribution in [1.82, 2.24) is 4.98 Å². The second-order valence-corrected chi connectivity index (χ2v) is 7.90. The molecule has 0 spiro atoms. The van der Waals surface area contributed by atoms with Crippen LogP contribution >= 0.6 is 15.9 Å². The topological polar surface area (TPSA) is 63.4 Å². The van der Waals surface area contributed by atoms with E-state index < -0.39 is 10.0 Å². The Morgan fingerprint density at radius 3 is 2.62 bits per heavy atom. The first kappa shape index (κ1) is 16.7. The number of anilines is 1. The van der Waals surface area contributed by atoms with Crippen LogP contribution in [0.3, 0.4) is 0 Å². The molecule has 0 radical (unpaired) electrons. The minimum Gasteiger partial charge on any atom is -0.467 e. The number of pyridine rings is 1. The average Bonchev–Trinajstić information content (AvgIpc) is 3.06. The molecule has 2 heterocycles. The van der Waals surface area contributed by atoms with E-state index in [2.05, 4.69) is 20.9 Å². The van der Waals surface area contributed by atoms with Crippen molar-refractivity contribution in [2.75, 3.05) is 4.31 Å². The molecule has 1 aromatic carbocycles. The van der Waals surface area contributed by atoms with Crippen molar-refractivity contribution >= 4 is 31.8 Å². The fourth-order valence-electron chi connectivity index (χ4n) is 2.27. The van der Waals surface area contributed by atoms with Crippen LogP contribution in [0.25, 0.3) is 0 Å². The van der Waals surface area contributed by atoms with Crippen LogP contribution in [-0.4, -0.2) is 13.4 Å². The highest BCUT2D eigenvalue weighted by molar-refractivity contribution is 9.10. The number of rotatable bonds is 5. The highest BCUT2D eigenvalue weighted by Gasteiger charge is 2.28. The number of benzene rings is 1. The van der Waals surface area contributed by atoms with E-state index in [1.165, 1.54) is 10.6 Å². The first-order chi connectivity index (χ1) is 11.5.